The van der Waals surface area contributed by atoms with E-state index in [0.717, 1.165) is 51.0 Å². The van der Waals surface area contributed by atoms with E-state index in [2.05, 4.69) is 44.3 Å². The molecule has 0 bridgehead atoms. The van der Waals surface area contributed by atoms with Crippen LogP contribution in [0.2, 0.25) is 0 Å². The molecule has 0 unspecified atom stereocenters. The van der Waals surface area contributed by atoms with Gasteiger partial charge in [0.25, 0.3) is 0 Å². The molecule has 1 amide bonds. The van der Waals surface area contributed by atoms with Crippen LogP contribution in [0, 0.1) is 5.92 Å². The summed E-state index contributed by atoms with van der Waals surface area (Å²) >= 11 is 0. The Morgan fingerprint density at radius 3 is 2.55 bits per heavy atom. The maximum atomic E-state index is 11.8. The topological polar surface area (TPSA) is 50.9 Å². The van der Waals surface area contributed by atoms with Crippen LogP contribution in [0.1, 0.15) is 79.1 Å². The highest BCUT2D eigenvalue weighted by molar-refractivity contribution is 5.87. The summed E-state index contributed by atoms with van der Waals surface area (Å²) < 4.78 is 12.0. The molecule has 4 heteroatoms. The third kappa shape index (κ3) is 7.11. The van der Waals surface area contributed by atoms with Crippen molar-refractivity contribution in [3.05, 3.63) is 36.0 Å². The van der Waals surface area contributed by atoms with E-state index in [9.17, 15) is 4.79 Å². The van der Waals surface area contributed by atoms with E-state index in [0.29, 0.717) is 6.04 Å². The van der Waals surface area contributed by atoms with E-state index in [-0.39, 0.29) is 23.2 Å². The first kappa shape index (κ1) is 22.3. The third-order valence-electron chi connectivity index (χ3n) is 6.39. The molecule has 0 aromatic carbocycles. The van der Waals surface area contributed by atoms with Gasteiger partial charge in [0.2, 0.25) is 5.91 Å². The number of nitrogens with one attached hydrogen (secondary N) is 1. The zero-order valence-electron chi connectivity index (χ0n) is 18.7. The molecule has 2 heterocycles. The average molecular weight is 402 g/mol. The molecule has 1 aliphatic carbocycles. The predicted molar refractivity (Wildman–Crippen MR) is 118 cm³/mol. The van der Waals surface area contributed by atoms with Crippen LogP contribution >= 0.6 is 0 Å². The predicted octanol–water partition coefficient (Wildman–Crippen LogP) is 5.25. The lowest BCUT2D eigenvalue weighted by atomic mass is 9.83. The molecule has 1 N–H and O–H groups in total. The molecular formula is C25H39NO3. The Labute approximate surface area is 176 Å². The molecule has 4 nitrogen and oxygen atoms in total. The number of carbonyl (C=O) groups is 1. The fraction of sp³-hybridized carbons (Fsp3) is 0.720. The Kier molecular flexibility index (Phi) is 7.39. The SMILES string of the molecule is CC/C=C\C(=O)N[C@H]1CC[C@@H](C/C=C(C)/C=C/[C@@H]2C[C@]3(CO3)CC(C)(C)O2)CC1. The van der Waals surface area contributed by atoms with Crippen LogP contribution in [0.15, 0.2) is 36.0 Å². The number of hydrogen-bond donors (Lipinski definition) is 1. The number of rotatable bonds is 7. The van der Waals surface area contributed by atoms with Crippen molar-refractivity contribution in [2.75, 3.05) is 6.61 Å². The summed E-state index contributed by atoms with van der Waals surface area (Å²) in [4.78, 5) is 11.8. The molecule has 2 atom stereocenters. The normalized spacial score (nSPS) is 34.8. The van der Waals surface area contributed by atoms with Gasteiger partial charge in [0.05, 0.1) is 23.9 Å². The van der Waals surface area contributed by atoms with Crippen molar-refractivity contribution in [1.82, 2.24) is 5.32 Å². The standard InChI is InChI=1S/C25H39NO3/c1-5-6-7-23(27)26-21-13-11-20(12-14-21)10-8-19(2)9-15-22-16-25(18-28-25)17-24(3,4)29-22/h6-9,15,20-22H,5,10-14,16-18H2,1-4H3,(H,26,27)/b7-6-,15-9+,19-8+/t20-,21+,22-,25-/m1/s1. The lowest BCUT2D eigenvalue weighted by Crippen LogP contribution is -2.43. The molecule has 3 fully saturated rings. The third-order valence-corrected chi connectivity index (χ3v) is 6.39. The van der Waals surface area contributed by atoms with Crippen LogP contribution in [0.25, 0.3) is 0 Å². The van der Waals surface area contributed by atoms with Gasteiger partial charge < -0.3 is 14.8 Å². The van der Waals surface area contributed by atoms with Crippen molar-refractivity contribution in [1.29, 1.82) is 0 Å². The second-order valence-corrected chi connectivity index (χ2v) is 9.85. The van der Waals surface area contributed by atoms with E-state index in [4.69, 9.17) is 9.47 Å². The molecule has 1 saturated carbocycles. The van der Waals surface area contributed by atoms with Crippen LogP contribution in [-0.4, -0.2) is 35.9 Å². The van der Waals surface area contributed by atoms with Crippen LogP contribution in [0.5, 0.6) is 0 Å². The van der Waals surface area contributed by atoms with E-state index in [1.54, 1.807) is 6.08 Å². The number of amides is 1. The fourth-order valence-electron chi connectivity index (χ4n) is 4.83. The Hall–Kier alpha value is -1.39. The van der Waals surface area contributed by atoms with Gasteiger partial charge in [-0.25, -0.2) is 0 Å². The van der Waals surface area contributed by atoms with Crippen molar-refractivity contribution < 1.29 is 14.3 Å². The zero-order valence-corrected chi connectivity index (χ0v) is 18.7. The van der Waals surface area contributed by atoms with E-state index in [1.165, 1.54) is 18.4 Å². The summed E-state index contributed by atoms with van der Waals surface area (Å²) in [5, 5.41) is 3.14. The largest absolute Gasteiger partial charge is 0.369 e. The zero-order chi connectivity index (χ0) is 20.9. The van der Waals surface area contributed by atoms with Crippen molar-refractivity contribution in [3.63, 3.8) is 0 Å². The molecule has 0 radical (unpaired) electrons. The van der Waals surface area contributed by atoms with Gasteiger partial charge >= 0.3 is 0 Å². The number of allylic oxidation sites excluding steroid dienone is 4. The summed E-state index contributed by atoms with van der Waals surface area (Å²) in [6, 6.07) is 0.342. The van der Waals surface area contributed by atoms with Gasteiger partial charge in [-0.05, 0) is 71.3 Å². The minimum atomic E-state index is -0.109. The molecule has 0 aromatic heterocycles. The molecule has 3 rings (SSSR count). The van der Waals surface area contributed by atoms with Gasteiger partial charge in [-0.15, -0.1) is 0 Å². The molecule has 29 heavy (non-hydrogen) atoms. The summed E-state index contributed by atoms with van der Waals surface area (Å²) in [7, 11) is 0. The first-order chi connectivity index (χ1) is 13.8. The highest BCUT2D eigenvalue weighted by Gasteiger charge is 2.53. The highest BCUT2D eigenvalue weighted by atomic mass is 16.6. The summed E-state index contributed by atoms with van der Waals surface area (Å²) in [6.07, 6.45) is 19.1. The van der Waals surface area contributed by atoms with Crippen LogP contribution < -0.4 is 5.32 Å². The molecule has 2 aliphatic heterocycles. The number of hydrogen-bond acceptors (Lipinski definition) is 3. The Morgan fingerprint density at radius 2 is 1.90 bits per heavy atom. The van der Waals surface area contributed by atoms with Gasteiger partial charge in [-0.2, -0.15) is 0 Å². The quantitative estimate of drug-likeness (QED) is 0.360. The lowest BCUT2D eigenvalue weighted by molar-refractivity contribution is -0.117. The van der Waals surface area contributed by atoms with E-state index >= 15 is 0 Å². The van der Waals surface area contributed by atoms with Gasteiger partial charge in [-0.3, -0.25) is 4.79 Å². The minimum absolute atomic E-state index is 0.0580. The fourth-order valence-corrected chi connectivity index (χ4v) is 4.83. The summed E-state index contributed by atoms with van der Waals surface area (Å²) in [6.45, 7) is 9.44. The van der Waals surface area contributed by atoms with Crippen LogP contribution in [0.3, 0.4) is 0 Å². The maximum Gasteiger partial charge on any atom is 0.243 e. The van der Waals surface area contributed by atoms with E-state index < -0.39 is 0 Å². The molecule has 3 aliphatic rings. The first-order valence-electron chi connectivity index (χ1n) is 11.4. The van der Waals surface area contributed by atoms with Crippen LogP contribution in [-0.2, 0) is 14.3 Å². The molecule has 162 valence electrons. The van der Waals surface area contributed by atoms with Crippen molar-refractivity contribution in [2.24, 2.45) is 5.92 Å². The second-order valence-electron chi connectivity index (χ2n) is 9.85. The monoisotopic (exact) mass is 401 g/mol. The van der Waals surface area contributed by atoms with Gasteiger partial charge in [-0.1, -0.05) is 36.8 Å². The van der Waals surface area contributed by atoms with E-state index in [1.807, 2.05) is 13.0 Å². The van der Waals surface area contributed by atoms with Gasteiger partial charge in [0, 0.05) is 18.9 Å². The average Bonchev–Trinajstić information content (AvgIpc) is 3.40. The Morgan fingerprint density at radius 1 is 1.17 bits per heavy atom. The molecule has 1 spiro atoms. The number of epoxide rings is 1. The van der Waals surface area contributed by atoms with Crippen LogP contribution in [0.4, 0.5) is 0 Å². The van der Waals surface area contributed by atoms with Crippen molar-refractivity contribution in [3.8, 4) is 0 Å². The first-order valence-corrected chi connectivity index (χ1v) is 11.4. The summed E-state index contributed by atoms with van der Waals surface area (Å²) in [5.41, 5.74) is 1.28. The number of carbonyl (C=O) groups excluding carboxylic acids is 1. The highest BCUT2D eigenvalue weighted by Crippen LogP contribution is 2.46. The molecule has 0 aromatic rings. The van der Waals surface area contributed by atoms with Gasteiger partial charge in [0.1, 0.15) is 0 Å². The van der Waals surface area contributed by atoms with Gasteiger partial charge in [0.15, 0.2) is 0 Å². The minimum Gasteiger partial charge on any atom is -0.369 e. The maximum absolute atomic E-state index is 11.8. The second kappa shape index (κ2) is 9.61. The van der Waals surface area contributed by atoms with Crippen molar-refractivity contribution >= 4 is 5.91 Å². The molecule has 2 saturated heterocycles. The smallest absolute Gasteiger partial charge is 0.243 e. The number of ether oxygens (including phenoxy) is 2. The van der Waals surface area contributed by atoms with Crippen molar-refractivity contribution in [2.45, 2.75) is 102 Å². The lowest BCUT2D eigenvalue weighted by Gasteiger charge is -2.38. The molecular weight excluding hydrogens is 362 g/mol. The Balaban J connectivity index is 1.40. The summed E-state index contributed by atoms with van der Waals surface area (Å²) in [5.74, 6) is 0.786. The Bertz CT molecular complexity index is 643.